The molecule has 5 nitrogen and oxygen atoms in total. The summed E-state index contributed by atoms with van der Waals surface area (Å²) in [5.74, 6) is 0.859. The van der Waals surface area contributed by atoms with Crippen LogP contribution in [0.2, 0.25) is 10.0 Å². The van der Waals surface area contributed by atoms with Gasteiger partial charge < -0.3 is 16.0 Å². The van der Waals surface area contributed by atoms with Gasteiger partial charge >= 0.3 is 0 Å². The molecule has 0 spiro atoms. The highest BCUT2D eigenvalue weighted by atomic mass is 35.5. The van der Waals surface area contributed by atoms with E-state index in [1.54, 1.807) is 24.4 Å². The second-order valence-corrected chi connectivity index (χ2v) is 5.67. The van der Waals surface area contributed by atoms with Crippen LogP contribution in [0.4, 0.5) is 17.5 Å². The third-order valence-electron chi connectivity index (χ3n) is 2.92. The average molecular weight is 326 g/mol. The lowest BCUT2D eigenvalue weighted by atomic mass is 10.2. The first-order valence-electron chi connectivity index (χ1n) is 6.44. The van der Waals surface area contributed by atoms with Gasteiger partial charge in [0.05, 0.1) is 15.7 Å². The molecular weight excluding hydrogens is 309 g/mol. The molecular formula is C14H17Cl2N5. The quantitative estimate of drug-likeness (QED) is 0.883. The van der Waals surface area contributed by atoms with E-state index in [1.807, 2.05) is 14.1 Å². The van der Waals surface area contributed by atoms with Crippen molar-refractivity contribution in [2.75, 3.05) is 31.7 Å². The summed E-state index contributed by atoms with van der Waals surface area (Å²) in [5.41, 5.74) is 7.53. The minimum absolute atomic E-state index is 0.394. The third kappa shape index (κ3) is 4.20. The van der Waals surface area contributed by atoms with Gasteiger partial charge in [-0.05, 0) is 32.6 Å². The Bertz CT molecular complexity index is 631. The lowest BCUT2D eigenvalue weighted by Gasteiger charge is -2.12. The van der Waals surface area contributed by atoms with Crippen molar-refractivity contribution < 1.29 is 0 Å². The topological polar surface area (TPSA) is 67.1 Å². The van der Waals surface area contributed by atoms with Crippen LogP contribution in [0, 0.1) is 0 Å². The molecule has 21 heavy (non-hydrogen) atoms. The zero-order valence-electron chi connectivity index (χ0n) is 11.9. The molecule has 0 fully saturated rings. The van der Waals surface area contributed by atoms with Crippen LogP contribution in [0.1, 0.15) is 5.56 Å². The number of nitrogens with one attached hydrogen (secondary N) is 1. The number of nitrogens with two attached hydrogens (primary N) is 1. The van der Waals surface area contributed by atoms with Gasteiger partial charge in [-0.15, -0.1) is 0 Å². The minimum Gasteiger partial charge on any atom is -0.383 e. The van der Waals surface area contributed by atoms with E-state index in [4.69, 9.17) is 28.9 Å². The van der Waals surface area contributed by atoms with E-state index < -0.39 is 0 Å². The van der Waals surface area contributed by atoms with E-state index in [1.165, 1.54) is 0 Å². The fourth-order valence-electron chi connectivity index (χ4n) is 1.74. The molecule has 112 valence electrons. The summed E-state index contributed by atoms with van der Waals surface area (Å²) < 4.78 is 0. The van der Waals surface area contributed by atoms with Crippen LogP contribution in [-0.2, 0) is 6.42 Å². The molecule has 0 saturated carbocycles. The van der Waals surface area contributed by atoms with Crippen molar-refractivity contribution in [3.8, 4) is 0 Å². The van der Waals surface area contributed by atoms with Crippen molar-refractivity contribution in [2.24, 2.45) is 0 Å². The van der Waals surface area contributed by atoms with Crippen molar-refractivity contribution in [3.63, 3.8) is 0 Å². The Morgan fingerprint density at radius 3 is 2.71 bits per heavy atom. The molecule has 1 aromatic carbocycles. The van der Waals surface area contributed by atoms with E-state index in [0.29, 0.717) is 27.5 Å². The smallest absolute Gasteiger partial charge is 0.229 e. The fourth-order valence-corrected chi connectivity index (χ4v) is 2.09. The second kappa shape index (κ2) is 6.93. The van der Waals surface area contributed by atoms with Crippen molar-refractivity contribution in [3.05, 3.63) is 40.0 Å². The highest BCUT2D eigenvalue weighted by Gasteiger charge is 2.08. The average Bonchev–Trinajstić information content (AvgIpc) is 2.43. The molecule has 0 bridgehead atoms. The van der Waals surface area contributed by atoms with Gasteiger partial charge in [0.15, 0.2) is 0 Å². The number of aromatic nitrogens is 2. The minimum atomic E-state index is 0.394. The molecule has 1 heterocycles. The monoisotopic (exact) mass is 325 g/mol. The van der Waals surface area contributed by atoms with E-state index in [2.05, 4.69) is 20.2 Å². The number of rotatable bonds is 5. The number of benzene rings is 1. The third-order valence-corrected chi connectivity index (χ3v) is 3.74. The van der Waals surface area contributed by atoms with Gasteiger partial charge in [-0.1, -0.05) is 29.3 Å². The Morgan fingerprint density at radius 1 is 1.29 bits per heavy atom. The molecule has 1 aromatic heterocycles. The highest BCUT2D eigenvalue weighted by Crippen LogP contribution is 2.31. The van der Waals surface area contributed by atoms with Crippen LogP contribution in [-0.4, -0.2) is 35.5 Å². The lowest BCUT2D eigenvalue weighted by molar-refractivity contribution is 0.413. The van der Waals surface area contributed by atoms with E-state index in [9.17, 15) is 0 Å². The van der Waals surface area contributed by atoms with Crippen LogP contribution in [0.3, 0.4) is 0 Å². The van der Waals surface area contributed by atoms with Crippen molar-refractivity contribution in [1.29, 1.82) is 0 Å². The van der Waals surface area contributed by atoms with Crippen molar-refractivity contribution in [2.45, 2.75) is 6.42 Å². The number of hydrogen-bond acceptors (Lipinski definition) is 5. The summed E-state index contributed by atoms with van der Waals surface area (Å²) in [4.78, 5) is 10.6. The van der Waals surface area contributed by atoms with Crippen LogP contribution in [0.5, 0.6) is 0 Å². The molecule has 0 unspecified atom stereocenters. The Balaban J connectivity index is 2.15. The van der Waals surface area contributed by atoms with Gasteiger partial charge in [-0.2, -0.15) is 4.98 Å². The Kier molecular flexibility index (Phi) is 5.22. The maximum Gasteiger partial charge on any atom is 0.229 e. The largest absolute Gasteiger partial charge is 0.383 e. The van der Waals surface area contributed by atoms with Crippen molar-refractivity contribution in [1.82, 2.24) is 14.9 Å². The van der Waals surface area contributed by atoms with Gasteiger partial charge in [0.2, 0.25) is 5.95 Å². The second-order valence-electron chi connectivity index (χ2n) is 4.88. The maximum atomic E-state index is 6.11. The summed E-state index contributed by atoms with van der Waals surface area (Å²) in [6.07, 6.45) is 2.53. The molecule has 0 aliphatic carbocycles. The van der Waals surface area contributed by atoms with E-state index in [-0.39, 0.29) is 0 Å². The maximum absolute atomic E-state index is 6.11. The summed E-state index contributed by atoms with van der Waals surface area (Å²) in [5, 5.41) is 3.92. The van der Waals surface area contributed by atoms with Gasteiger partial charge in [-0.3, -0.25) is 0 Å². The SMILES string of the molecule is CN(C)CCc1cnc(Nc2cccc(Cl)c2Cl)nc1N. The first-order chi connectivity index (χ1) is 9.97. The van der Waals surface area contributed by atoms with Crippen LogP contribution < -0.4 is 11.1 Å². The number of halogens is 2. The van der Waals surface area contributed by atoms with Crippen LogP contribution >= 0.6 is 23.2 Å². The van der Waals surface area contributed by atoms with Gasteiger partial charge in [0, 0.05) is 18.3 Å². The van der Waals surface area contributed by atoms with E-state index in [0.717, 1.165) is 18.5 Å². The first-order valence-corrected chi connectivity index (χ1v) is 7.20. The van der Waals surface area contributed by atoms with Crippen LogP contribution in [0.15, 0.2) is 24.4 Å². The van der Waals surface area contributed by atoms with E-state index >= 15 is 0 Å². The predicted molar refractivity (Wildman–Crippen MR) is 88.4 cm³/mol. The Labute approximate surface area is 134 Å². The molecule has 2 rings (SSSR count). The molecule has 2 aromatic rings. The van der Waals surface area contributed by atoms with Crippen LogP contribution in [0.25, 0.3) is 0 Å². The molecule has 0 aliphatic heterocycles. The molecule has 7 heteroatoms. The number of anilines is 3. The Morgan fingerprint density at radius 2 is 2.05 bits per heavy atom. The number of likely N-dealkylation sites (N-methyl/N-ethyl adjacent to an activating group) is 1. The molecule has 0 aliphatic rings. The van der Waals surface area contributed by atoms with Gasteiger partial charge in [0.1, 0.15) is 5.82 Å². The number of hydrogen-bond donors (Lipinski definition) is 2. The lowest BCUT2D eigenvalue weighted by Crippen LogP contribution is -2.16. The zero-order chi connectivity index (χ0) is 15.4. The molecule has 3 N–H and O–H groups in total. The molecule has 0 radical (unpaired) electrons. The normalized spacial score (nSPS) is 10.9. The zero-order valence-corrected chi connectivity index (χ0v) is 13.4. The summed E-state index contributed by atoms with van der Waals surface area (Å²) in [6.45, 7) is 0.889. The molecule has 0 amide bonds. The number of nitrogens with zero attached hydrogens (tertiary/aromatic N) is 3. The first kappa shape index (κ1) is 15.8. The molecule has 0 atom stereocenters. The van der Waals surface area contributed by atoms with Gasteiger partial charge in [0.25, 0.3) is 0 Å². The summed E-state index contributed by atoms with van der Waals surface area (Å²) in [6, 6.07) is 5.31. The van der Waals surface area contributed by atoms with Gasteiger partial charge in [-0.25, -0.2) is 4.98 Å². The predicted octanol–water partition coefficient (Wildman–Crippen LogP) is 3.21. The standard InChI is InChI=1S/C14H17Cl2N5/c1-21(2)7-6-9-8-18-14(20-13(9)17)19-11-5-3-4-10(15)12(11)16/h3-5,8H,6-7H2,1-2H3,(H3,17,18,19,20). The molecule has 0 saturated heterocycles. The summed E-state index contributed by atoms with van der Waals surface area (Å²) >= 11 is 12.1. The summed E-state index contributed by atoms with van der Waals surface area (Å²) in [7, 11) is 4.02. The van der Waals surface area contributed by atoms with Crippen molar-refractivity contribution >= 4 is 40.7 Å². The highest BCUT2D eigenvalue weighted by molar-refractivity contribution is 6.43. The Hall–Kier alpha value is -1.56. The number of nitrogen functional groups attached to an aromatic ring is 1. The fraction of sp³-hybridized carbons (Fsp3) is 0.286.